The Morgan fingerprint density at radius 2 is 2.24 bits per heavy atom. The van der Waals surface area contributed by atoms with Crippen molar-refractivity contribution in [2.45, 2.75) is 52.1 Å². The third-order valence-electron chi connectivity index (χ3n) is 4.26. The zero-order valence-corrected chi connectivity index (χ0v) is 13.0. The molecule has 0 spiro atoms. The van der Waals surface area contributed by atoms with Crippen LogP contribution in [0.4, 0.5) is 5.69 Å². The first-order chi connectivity index (χ1) is 9.91. The Bertz CT molecular complexity index is 514. The van der Waals surface area contributed by atoms with Crippen LogP contribution in [0.2, 0.25) is 0 Å². The monoisotopic (exact) mass is 292 g/mol. The van der Waals surface area contributed by atoms with Crippen molar-refractivity contribution in [2.75, 3.05) is 7.11 Å². The van der Waals surface area contributed by atoms with Crippen LogP contribution >= 0.6 is 0 Å². The molecule has 2 rings (SSSR count). The van der Waals surface area contributed by atoms with Gasteiger partial charge in [-0.1, -0.05) is 20.3 Å². The maximum atomic E-state index is 10.9. The normalized spacial score (nSPS) is 21.0. The molecule has 1 fully saturated rings. The molecule has 0 saturated heterocycles. The predicted octanol–water partition coefficient (Wildman–Crippen LogP) is 3.66. The lowest BCUT2D eigenvalue weighted by atomic mass is 9.75. The molecule has 0 radical (unpaired) electrons. The van der Waals surface area contributed by atoms with E-state index in [4.69, 9.17) is 4.74 Å². The number of nitro groups is 1. The Morgan fingerprint density at radius 1 is 1.48 bits per heavy atom. The molecule has 116 valence electrons. The number of nitrogens with one attached hydrogen (secondary N) is 1. The summed E-state index contributed by atoms with van der Waals surface area (Å²) in [5.74, 6) is 0.697. The SMILES string of the molecule is COc1ccc([N+](=O)[O-])cc1CNC1CCCC(C)(C)C1. The summed E-state index contributed by atoms with van der Waals surface area (Å²) in [6, 6.07) is 5.21. The number of methoxy groups -OCH3 is 1. The summed E-state index contributed by atoms with van der Waals surface area (Å²) < 4.78 is 5.30. The quantitative estimate of drug-likeness (QED) is 0.664. The molecule has 21 heavy (non-hydrogen) atoms. The maximum absolute atomic E-state index is 10.9. The van der Waals surface area contributed by atoms with Gasteiger partial charge in [-0.05, 0) is 30.7 Å². The second-order valence-corrected chi connectivity index (χ2v) is 6.59. The lowest BCUT2D eigenvalue weighted by molar-refractivity contribution is -0.384. The molecule has 0 bridgehead atoms. The summed E-state index contributed by atoms with van der Waals surface area (Å²) in [6.07, 6.45) is 4.81. The van der Waals surface area contributed by atoms with Gasteiger partial charge < -0.3 is 10.1 Å². The summed E-state index contributed by atoms with van der Waals surface area (Å²) in [4.78, 5) is 10.5. The summed E-state index contributed by atoms with van der Waals surface area (Å²) in [5.41, 5.74) is 1.33. The van der Waals surface area contributed by atoms with Crippen molar-refractivity contribution in [1.82, 2.24) is 5.32 Å². The van der Waals surface area contributed by atoms with Crippen molar-refractivity contribution in [3.05, 3.63) is 33.9 Å². The van der Waals surface area contributed by atoms with E-state index in [0.717, 1.165) is 12.0 Å². The molecule has 5 nitrogen and oxygen atoms in total. The standard InChI is InChI=1S/C16H24N2O3/c1-16(2)8-4-5-13(10-16)17-11-12-9-14(18(19)20)6-7-15(12)21-3/h6-7,9,13,17H,4-5,8,10-11H2,1-3H3. The maximum Gasteiger partial charge on any atom is 0.270 e. The summed E-state index contributed by atoms with van der Waals surface area (Å²) in [6.45, 7) is 5.20. The fourth-order valence-corrected chi connectivity index (χ4v) is 3.14. The Kier molecular flexibility index (Phi) is 4.83. The fraction of sp³-hybridized carbons (Fsp3) is 0.625. The third-order valence-corrected chi connectivity index (χ3v) is 4.26. The van der Waals surface area contributed by atoms with E-state index in [2.05, 4.69) is 19.2 Å². The van der Waals surface area contributed by atoms with E-state index in [-0.39, 0.29) is 10.6 Å². The van der Waals surface area contributed by atoms with Crippen LogP contribution in [0.5, 0.6) is 5.75 Å². The predicted molar refractivity (Wildman–Crippen MR) is 82.5 cm³/mol. The molecule has 0 heterocycles. The average Bonchev–Trinajstić information content (AvgIpc) is 2.43. The minimum Gasteiger partial charge on any atom is -0.496 e. The zero-order valence-electron chi connectivity index (χ0n) is 13.0. The van der Waals surface area contributed by atoms with Crippen LogP contribution in [0.3, 0.4) is 0 Å². The van der Waals surface area contributed by atoms with Crippen LogP contribution in [0.15, 0.2) is 18.2 Å². The van der Waals surface area contributed by atoms with Gasteiger partial charge in [0, 0.05) is 30.3 Å². The molecule has 0 amide bonds. The molecule has 0 aromatic heterocycles. The van der Waals surface area contributed by atoms with Gasteiger partial charge in [0.15, 0.2) is 0 Å². The Morgan fingerprint density at radius 3 is 2.86 bits per heavy atom. The van der Waals surface area contributed by atoms with Crippen molar-refractivity contribution in [3.63, 3.8) is 0 Å². The van der Waals surface area contributed by atoms with Gasteiger partial charge in [-0.15, -0.1) is 0 Å². The summed E-state index contributed by atoms with van der Waals surface area (Å²) in [7, 11) is 1.59. The smallest absolute Gasteiger partial charge is 0.270 e. The molecule has 1 saturated carbocycles. The number of hydrogen-bond donors (Lipinski definition) is 1. The molecular weight excluding hydrogens is 268 g/mol. The van der Waals surface area contributed by atoms with Crippen LogP contribution < -0.4 is 10.1 Å². The van der Waals surface area contributed by atoms with Crippen molar-refractivity contribution < 1.29 is 9.66 Å². The van der Waals surface area contributed by atoms with Gasteiger partial charge in [0.1, 0.15) is 5.75 Å². The summed E-state index contributed by atoms with van der Waals surface area (Å²) >= 11 is 0. The van der Waals surface area contributed by atoms with Crippen molar-refractivity contribution in [1.29, 1.82) is 0 Å². The van der Waals surface area contributed by atoms with Crippen LogP contribution in [-0.2, 0) is 6.54 Å². The largest absolute Gasteiger partial charge is 0.496 e. The lowest BCUT2D eigenvalue weighted by Gasteiger charge is -2.35. The van der Waals surface area contributed by atoms with E-state index in [1.807, 2.05) is 0 Å². The van der Waals surface area contributed by atoms with Gasteiger partial charge in [-0.2, -0.15) is 0 Å². The number of nitro benzene ring substituents is 1. The number of ether oxygens (including phenoxy) is 1. The van der Waals surface area contributed by atoms with Gasteiger partial charge in [0.05, 0.1) is 12.0 Å². The van der Waals surface area contributed by atoms with Crippen LogP contribution in [0, 0.1) is 15.5 Å². The molecule has 5 heteroatoms. The molecule has 1 aromatic carbocycles. The first-order valence-electron chi connectivity index (χ1n) is 7.46. The van der Waals surface area contributed by atoms with E-state index in [9.17, 15) is 10.1 Å². The Balaban J connectivity index is 2.04. The first kappa shape index (κ1) is 15.8. The minimum absolute atomic E-state index is 0.108. The molecule has 1 aromatic rings. The van der Waals surface area contributed by atoms with Crippen molar-refractivity contribution in [3.8, 4) is 5.75 Å². The fourth-order valence-electron chi connectivity index (χ4n) is 3.14. The number of hydrogen-bond acceptors (Lipinski definition) is 4. The van der Waals surface area contributed by atoms with E-state index in [0.29, 0.717) is 23.8 Å². The lowest BCUT2D eigenvalue weighted by Crippen LogP contribution is -2.36. The van der Waals surface area contributed by atoms with Gasteiger partial charge >= 0.3 is 0 Å². The highest BCUT2D eigenvalue weighted by atomic mass is 16.6. The molecule has 1 unspecified atom stereocenters. The van der Waals surface area contributed by atoms with Crippen LogP contribution in [-0.4, -0.2) is 18.1 Å². The van der Waals surface area contributed by atoms with E-state index < -0.39 is 0 Å². The molecule has 1 N–H and O–H groups in total. The second kappa shape index (κ2) is 6.43. The molecular formula is C16H24N2O3. The van der Waals surface area contributed by atoms with Crippen LogP contribution in [0.1, 0.15) is 45.1 Å². The number of non-ortho nitro benzene ring substituents is 1. The Hall–Kier alpha value is -1.62. The average molecular weight is 292 g/mol. The number of nitrogens with zero attached hydrogens (tertiary/aromatic N) is 1. The first-order valence-corrected chi connectivity index (χ1v) is 7.46. The van der Waals surface area contributed by atoms with E-state index in [1.54, 1.807) is 19.2 Å². The zero-order chi connectivity index (χ0) is 15.5. The van der Waals surface area contributed by atoms with Gasteiger partial charge in [0.2, 0.25) is 0 Å². The highest BCUT2D eigenvalue weighted by Gasteiger charge is 2.27. The minimum atomic E-state index is -0.368. The third kappa shape index (κ3) is 4.17. The molecule has 1 atom stereocenters. The highest BCUT2D eigenvalue weighted by molar-refractivity contribution is 5.43. The topological polar surface area (TPSA) is 64.4 Å². The van der Waals surface area contributed by atoms with Crippen molar-refractivity contribution >= 4 is 5.69 Å². The van der Waals surface area contributed by atoms with E-state index in [1.165, 1.54) is 25.3 Å². The molecule has 1 aliphatic rings. The second-order valence-electron chi connectivity index (χ2n) is 6.59. The van der Waals surface area contributed by atoms with Crippen molar-refractivity contribution in [2.24, 2.45) is 5.41 Å². The number of rotatable bonds is 5. The molecule has 0 aliphatic heterocycles. The van der Waals surface area contributed by atoms with Gasteiger partial charge in [-0.25, -0.2) is 0 Å². The summed E-state index contributed by atoms with van der Waals surface area (Å²) in [5, 5.41) is 14.4. The Labute approximate surface area is 125 Å². The van der Waals surface area contributed by atoms with Gasteiger partial charge in [-0.3, -0.25) is 10.1 Å². The van der Waals surface area contributed by atoms with Crippen LogP contribution in [0.25, 0.3) is 0 Å². The van der Waals surface area contributed by atoms with E-state index >= 15 is 0 Å². The molecule has 1 aliphatic carbocycles. The number of benzene rings is 1. The van der Waals surface area contributed by atoms with Gasteiger partial charge in [0.25, 0.3) is 5.69 Å². The highest BCUT2D eigenvalue weighted by Crippen LogP contribution is 2.35.